The van der Waals surface area contributed by atoms with Gasteiger partial charge in [0.2, 0.25) is 15.9 Å². The van der Waals surface area contributed by atoms with Gasteiger partial charge in [0.05, 0.1) is 21.0 Å². The van der Waals surface area contributed by atoms with Crippen LogP contribution in [0.3, 0.4) is 0 Å². The highest BCUT2D eigenvalue weighted by Crippen LogP contribution is 2.34. The fraction of sp³-hybridized carbons (Fsp3) is 0.417. The van der Waals surface area contributed by atoms with Crippen molar-refractivity contribution in [3.8, 4) is 0 Å². The normalized spacial score (nSPS) is 20.1. The largest absolute Gasteiger partial charge is 0.345 e. The number of nitrogens with zero attached hydrogens (tertiary/aromatic N) is 4. The van der Waals surface area contributed by atoms with E-state index in [0.29, 0.717) is 39.1 Å². The topological polar surface area (TPSA) is 73.8 Å². The molecule has 2 aliphatic rings. The van der Waals surface area contributed by atoms with E-state index in [9.17, 15) is 13.2 Å². The number of carbonyl (C=O) groups is 1. The van der Waals surface area contributed by atoms with E-state index in [0.717, 1.165) is 32.4 Å². The molecule has 3 aromatic rings. The summed E-state index contributed by atoms with van der Waals surface area (Å²) >= 11 is 7.89. The molecule has 0 N–H and O–H groups in total. The Morgan fingerprint density at radius 1 is 1.06 bits per heavy atom. The summed E-state index contributed by atoms with van der Waals surface area (Å²) in [5.74, 6) is -0.245. The van der Waals surface area contributed by atoms with E-state index < -0.39 is 10.0 Å². The van der Waals surface area contributed by atoms with E-state index >= 15 is 0 Å². The summed E-state index contributed by atoms with van der Waals surface area (Å²) in [5, 5.41) is 1.67. The van der Waals surface area contributed by atoms with Crippen LogP contribution in [-0.2, 0) is 14.8 Å². The highest BCUT2D eigenvalue weighted by molar-refractivity contribution is 7.89. The third-order valence-corrected chi connectivity index (χ3v) is 10.1. The molecule has 0 saturated carbocycles. The van der Waals surface area contributed by atoms with E-state index in [2.05, 4.69) is 4.90 Å². The molecule has 0 bridgehead atoms. The first-order valence-electron chi connectivity index (χ1n) is 11.5. The number of halogens is 1. The lowest BCUT2D eigenvalue weighted by molar-refractivity contribution is -0.137. The van der Waals surface area contributed by atoms with E-state index in [1.807, 2.05) is 24.0 Å². The molecule has 10 heteroatoms. The van der Waals surface area contributed by atoms with Crippen LogP contribution >= 0.6 is 22.9 Å². The van der Waals surface area contributed by atoms with Gasteiger partial charge in [0.25, 0.3) is 0 Å². The number of anilines is 1. The molecule has 1 aromatic heterocycles. The molecule has 2 aliphatic heterocycles. The molecule has 34 heavy (non-hydrogen) atoms. The SMILES string of the molecule is Cc1c(Cl)ccc2sc(N3CCN(C(=O)C4CCCN(S(=O)(=O)c5ccccc5)C4)CC3)nc12. The van der Waals surface area contributed by atoms with Gasteiger partial charge in [-0.1, -0.05) is 41.1 Å². The van der Waals surface area contributed by atoms with E-state index in [-0.39, 0.29) is 23.3 Å². The quantitative estimate of drug-likeness (QED) is 0.522. The zero-order valence-electron chi connectivity index (χ0n) is 19.0. The van der Waals surface area contributed by atoms with Gasteiger partial charge in [0.15, 0.2) is 5.13 Å². The van der Waals surface area contributed by atoms with Crippen molar-refractivity contribution in [3.63, 3.8) is 0 Å². The minimum atomic E-state index is -3.59. The molecule has 7 nitrogen and oxygen atoms in total. The summed E-state index contributed by atoms with van der Waals surface area (Å²) in [6, 6.07) is 12.4. The maximum atomic E-state index is 13.3. The predicted octanol–water partition coefficient (Wildman–Crippen LogP) is 4.01. The van der Waals surface area contributed by atoms with Crippen LogP contribution in [0, 0.1) is 12.8 Å². The number of piperidine rings is 1. The second kappa shape index (κ2) is 9.45. The molecular formula is C24H27ClN4O3S2. The molecule has 1 amide bonds. The molecule has 2 saturated heterocycles. The van der Waals surface area contributed by atoms with Gasteiger partial charge in [-0.05, 0) is 49.6 Å². The molecule has 0 aliphatic carbocycles. The fourth-order valence-corrected chi connectivity index (χ4v) is 7.48. The van der Waals surface area contributed by atoms with E-state index in [4.69, 9.17) is 16.6 Å². The van der Waals surface area contributed by atoms with Gasteiger partial charge in [0, 0.05) is 44.3 Å². The minimum Gasteiger partial charge on any atom is -0.345 e. The number of carbonyl (C=O) groups excluding carboxylic acids is 1. The Labute approximate surface area is 209 Å². The van der Waals surface area contributed by atoms with Crippen LogP contribution in [0.4, 0.5) is 5.13 Å². The number of piperazine rings is 1. The van der Waals surface area contributed by atoms with Gasteiger partial charge in [-0.25, -0.2) is 13.4 Å². The van der Waals surface area contributed by atoms with Crippen LogP contribution in [0.1, 0.15) is 18.4 Å². The van der Waals surface area contributed by atoms with Crippen LogP contribution in [0.15, 0.2) is 47.4 Å². The molecule has 1 unspecified atom stereocenters. The number of hydrogen-bond donors (Lipinski definition) is 0. The summed E-state index contributed by atoms with van der Waals surface area (Å²) in [7, 11) is -3.59. The number of aromatic nitrogens is 1. The first kappa shape index (κ1) is 23.5. The first-order chi connectivity index (χ1) is 16.3. The second-order valence-electron chi connectivity index (χ2n) is 8.84. The number of aryl methyl sites for hydroxylation is 1. The van der Waals surface area contributed by atoms with Gasteiger partial charge in [-0.3, -0.25) is 4.79 Å². The number of amides is 1. The Morgan fingerprint density at radius 3 is 2.53 bits per heavy atom. The van der Waals surface area contributed by atoms with E-state index in [1.54, 1.807) is 41.7 Å². The average Bonchev–Trinajstić information content (AvgIpc) is 3.32. The average molecular weight is 519 g/mol. The second-order valence-corrected chi connectivity index (χ2v) is 12.2. The zero-order valence-corrected chi connectivity index (χ0v) is 21.4. The van der Waals surface area contributed by atoms with Crippen LogP contribution in [-0.4, -0.2) is 67.8 Å². The summed E-state index contributed by atoms with van der Waals surface area (Å²) in [4.78, 5) is 22.5. The number of thiazole rings is 1. The Hall–Kier alpha value is -2.20. The summed E-state index contributed by atoms with van der Waals surface area (Å²) < 4.78 is 28.6. The van der Waals surface area contributed by atoms with Crippen molar-refractivity contribution in [2.24, 2.45) is 5.92 Å². The standard InChI is InChI=1S/C24H27ClN4O3S2/c1-17-20(25)9-10-21-22(17)26-24(33-21)28-14-12-27(13-15-28)23(30)18-6-5-11-29(16-18)34(31,32)19-7-3-2-4-8-19/h2-4,7-10,18H,5-6,11-16H2,1H3. The van der Waals surface area contributed by atoms with Crippen LogP contribution in [0.2, 0.25) is 5.02 Å². The van der Waals surface area contributed by atoms with Gasteiger partial charge in [-0.15, -0.1) is 0 Å². The lowest BCUT2D eigenvalue weighted by Crippen LogP contribution is -2.53. The molecule has 1 atom stereocenters. The van der Waals surface area contributed by atoms with Crippen molar-refractivity contribution in [2.75, 3.05) is 44.2 Å². The Bertz CT molecular complexity index is 1300. The fourth-order valence-electron chi connectivity index (χ4n) is 4.70. The Kier molecular flexibility index (Phi) is 6.54. The number of rotatable bonds is 4. The van der Waals surface area contributed by atoms with Crippen molar-refractivity contribution < 1.29 is 13.2 Å². The van der Waals surface area contributed by atoms with Crippen LogP contribution < -0.4 is 4.90 Å². The third kappa shape index (κ3) is 4.42. The number of fused-ring (bicyclic) bond motifs is 1. The minimum absolute atomic E-state index is 0.0551. The molecular weight excluding hydrogens is 492 g/mol. The molecule has 2 aromatic carbocycles. The van der Waals surface area contributed by atoms with Crippen molar-refractivity contribution >= 4 is 54.2 Å². The summed E-state index contributed by atoms with van der Waals surface area (Å²) in [5.41, 5.74) is 1.93. The monoisotopic (exact) mass is 518 g/mol. The van der Waals surface area contributed by atoms with Gasteiger partial charge >= 0.3 is 0 Å². The number of sulfonamides is 1. The van der Waals surface area contributed by atoms with Crippen molar-refractivity contribution in [3.05, 3.63) is 53.1 Å². The van der Waals surface area contributed by atoms with Gasteiger partial charge < -0.3 is 9.80 Å². The van der Waals surface area contributed by atoms with Crippen molar-refractivity contribution in [1.29, 1.82) is 0 Å². The molecule has 3 heterocycles. The van der Waals surface area contributed by atoms with Crippen molar-refractivity contribution in [2.45, 2.75) is 24.7 Å². The summed E-state index contributed by atoms with van der Waals surface area (Å²) in [6.45, 7) is 5.31. The van der Waals surface area contributed by atoms with Crippen LogP contribution in [0.25, 0.3) is 10.2 Å². The number of hydrogen-bond acceptors (Lipinski definition) is 6. The Balaban J connectivity index is 1.23. The van der Waals surface area contributed by atoms with Gasteiger partial charge in [0.1, 0.15) is 0 Å². The summed E-state index contributed by atoms with van der Waals surface area (Å²) in [6.07, 6.45) is 1.41. The first-order valence-corrected chi connectivity index (χ1v) is 14.1. The van der Waals surface area contributed by atoms with Gasteiger partial charge in [-0.2, -0.15) is 4.31 Å². The molecule has 0 radical (unpaired) electrons. The molecule has 0 spiro atoms. The van der Waals surface area contributed by atoms with Crippen LogP contribution in [0.5, 0.6) is 0 Å². The number of benzene rings is 2. The maximum Gasteiger partial charge on any atom is 0.243 e. The molecule has 180 valence electrons. The lowest BCUT2D eigenvalue weighted by Gasteiger charge is -2.38. The van der Waals surface area contributed by atoms with E-state index in [1.165, 1.54) is 4.31 Å². The Morgan fingerprint density at radius 2 is 1.79 bits per heavy atom. The maximum absolute atomic E-state index is 13.3. The highest BCUT2D eigenvalue weighted by Gasteiger charge is 2.36. The third-order valence-electron chi connectivity index (χ3n) is 6.71. The lowest BCUT2D eigenvalue weighted by atomic mass is 9.98. The zero-order chi connectivity index (χ0) is 23.9. The highest BCUT2D eigenvalue weighted by atomic mass is 35.5. The van der Waals surface area contributed by atoms with Crippen molar-refractivity contribution in [1.82, 2.24) is 14.2 Å². The predicted molar refractivity (Wildman–Crippen MR) is 136 cm³/mol. The smallest absolute Gasteiger partial charge is 0.243 e. The molecule has 2 fully saturated rings. The molecule has 5 rings (SSSR count).